The maximum Gasteiger partial charge on any atom is 0.0693 e. The molecule has 1 nitrogen and oxygen atoms in total. The lowest BCUT2D eigenvalue weighted by Gasteiger charge is -2.30. The van der Waals surface area contributed by atoms with Crippen molar-refractivity contribution in [2.45, 2.75) is 38.5 Å². The Morgan fingerprint density at radius 3 is 2.31 bits per heavy atom. The summed E-state index contributed by atoms with van der Waals surface area (Å²) in [7, 11) is 0. The Kier molecular flexibility index (Phi) is 3.86. The molecule has 1 aliphatic carbocycles. The van der Waals surface area contributed by atoms with E-state index < -0.39 is 0 Å². The Morgan fingerprint density at radius 1 is 1.12 bits per heavy atom. The molecule has 0 bridgehead atoms. The van der Waals surface area contributed by atoms with E-state index in [9.17, 15) is 5.26 Å². The molecule has 0 N–H and O–H groups in total. The molecule has 0 aromatic heterocycles. The molecule has 0 atom stereocenters. The fraction of sp³-hybridized carbons (Fsp3) is 0.500. The van der Waals surface area contributed by atoms with E-state index in [-0.39, 0.29) is 5.41 Å². The predicted octanol–water partition coefficient (Wildman–Crippen LogP) is 4.31. The molecule has 1 saturated carbocycles. The summed E-state index contributed by atoms with van der Waals surface area (Å²) in [4.78, 5) is 0. The van der Waals surface area contributed by atoms with Crippen LogP contribution < -0.4 is 0 Å². The van der Waals surface area contributed by atoms with Gasteiger partial charge in [-0.2, -0.15) is 5.26 Å². The molecule has 1 aromatic rings. The first-order chi connectivity index (χ1) is 7.74. The first-order valence-electron chi connectivity index (χ1n) is 5.90. The molecule has 84 valence electrons. The number of nitrogens with zero attached hydrogens (tertiary/aromatic N) is 1. The second-order valence-corrected chi connectivity index (χ2v) is 6.00. The van der Waals surface area contributed by atoms with Crippen LogP contribution in [0.3, 0.4) is 0 Å². The number of hydrogen-bond donors (Lipinski definition) is 0. The molecule has 1 fully saturated rings. The van der Waals surface area contributed by atoms with Crippen LogP contribution in [-0.2, 0) is 6.42 Å². The van der Waals surface area contributed by atoms with Gasteiger partial charge in [0.2, 0.25) is 0 Å². The summed E-state index contributed by atoms with van der Waals surface area (Å²) in [5.41, 5.74) is 1.23. The largest absolute Gasteiger partial charge is 0.198 e. The fourth-order valence-corrected chi connectivity index (χ4v) is 2.91. The fourth-order valence-electron chi connectivity index (χ4n) is 2.55. The van der Waals surface area contributed by atoms with Crippen molar-refractivity contribution >= 4 is 22.6 Å². The molecule has 16 heavy (non-hydrogen) atoms. The zero-order chi connectivity index (χ0) is 11.4. The van der Waals surface area contributed by atoms with Crippen molar-refractivity contribution in [2.24, 2.45) is 5.41 Å². The van der Waals surface area contributed by atoms with E-state index in [1.807, 2.05) is 0 Å². The van der Waals surface area contributed by atoms with Gasteiger partial charge in [0.05, 0.1) is 11.5 Å². The average molecular weight is 325 g/mol. The van der Waals surface area contributed by atoms with E-state index in [1.165, 1.54) is 28.4 Å². The average Bonchev–Trinajstić information content (AvgIpc) is 2.33. The smallest absolute Gasteiger partial charge is 0.0693 e. The van der Waals surface area contributed by atoms with Gasteiger partial charge < -0.3 is 0 Å². The van der Waals surface area contributed by atoms with E-state index in [0.717, 1.165) is 19.3 Å². The molecule has 0 radical (unpaired) electrons. The van der Waals surface area contributed by atoms with Gasteiger partial charge in [0.1, 0.15) is 0 Å². The summed E-state index contributed by atoms with van der Waals surface area (Å²) in [6, 6.07) is 11.2. The highest BCUT2D eigenvalue weighted by Crippen LogP contribution is 2.38. The summed E-state index contributed by atoms with van der Waals surface area (Å²) >= 11 is 2.32. The summed E-state index contributed by atoms with van der Waals surface area (Å²) in [5.74, 6) is 0. The molecule has 0 amide bonds. The molecule has 2 heteroatoms. The zero-order valence-corrected chi connectivity index (χ0v) is 11.5. The summed E-state index contributed by atoms with van der Waals surface area (Å²) < 4.78 is 1.26. The van der Waals surface area contributed by atoms with Crippen LogP contribution in [0.4, 0.5) is 0 Å². The lowest BCUT2D eigenvalue weighted by Crippen LogP contribution is -2.24. The number of halogens is 1. The third-order valence-electron chi connectivity index (χ3n) is 3.50. The van der Waals surface area contributed by atoms with Crippen LogP contribution in [0.25, 0.3) is 0 Å². The summed E-state index contributed by atoms with van der Waals surface area (Å²) in [6.07, 6.45) is 6.83. The van der Waals surface area contributed by atoms with Crippen molar-refractivity contribution in [3.05, 3.63) is 33.4 Å². The first kappa shape index (κ1) is 11.9. The maximum absolute atomic E-state index is 9.41. The lowest BCUT2D eigenvalue weighted by atomic mass is 9.71. The molecule has 0 unspecified atom stereocenters. The third-order valence-corrected chi connectivity index (χ3v) is 4.22. The Hall–Kier alpha value is -0.560. The quantitative estimate of drug-likeness (QED) is 0.744. The molecule has 0 heterocycles. The number of nitriles is 1. The maximum atomic E-state index is 9.41. The van der Waals surface area contributed by atoms with Crippen LogP contribution in [0, 0.1) is 20.3 Å². The number of hydrogen-bond acceptors (Lipinski definition) is 1. The molecule has 0 saturated heterocycles. The van der Waals surface area contributed by atoms with E-state index >= 15 is 0 Å². The van der Waals surface area contributed by atoms with Crippen molar-refractivity contribution in [1.82, 2.24) is 0 Å². The van der Waals surface area contributed by atoms with Crippen LogP contribution in [0.15, 0.2) is 24.3 Å². The standard InChI is InChI=1S/C14H16IN/c15-13-6-4-12(5-7-13)10-14(11-16)8-2-1-3-9-14/h4-7H,1-3,8-10H2. The Balaban J connectivity index is 2.12. The minimum absolute atomic E-state index is 0.0783. The zero-order valence-electron chi connectivity index (χ0n) is 9.38. The van der Waals surface area contributed by atoms with Crippen LogP contribution in [0.2, 0.25) is 0 Å². The number of rotatable bonds is 2. The predicted molar refractivity (Wildman–Crippen MR) is 74.0 cm³/mol. The van der Waals surface area contributed by atoms with E-state index in [1.54, 1.807) is 0 Å². The topological polar surface area (TPSA) is 23.8 Å². The molecule has 0 aliphatic heterocycles. The molecule has 2 rings (SSSR count). The van der Waals surface area contributed by atoms with E-state index in [0.29, 0.717) is 0 Å². The Morgan fingerprint density at radius 2 is 1.75 bits per heavy atom. The van der Waals surface area contributed by atoms with Crippen molar-refractivity contribution < 1.29 is 0 Å². The lowest BCUT2D eigenvalue weighted by molar-refractivity contribution is 0.266. The monoisotopic (exact) mass is 325 g/mol. The third kappa shape index (κ3) is 2.76. The van der Waals surface area contributed by atoms with Crippen molar-refractivity contribution in [1.29, 1.82) is 5.26 Å². The second kappa shape index (κ2) is 5.18. The molecular formula is C14H16IN. The molecule has 1 aromatic carbocycles. The van der Waals surface area contributed by atoms with Crippen molar-refractivity contribution in [2.75, 3.05) is 0 Å². The molecule has 0 spiro atoms. The van der Waals surface area contributed by atoms with Gasteiger partial charge in [-0.15, -0.1) is 0 Å². The van der Waals surface area contributed by atoms with Crippen LogP contribution in [0.1, 0.15) is 37.7 Å². The van der Waals surface area contributed by atoms with Crippen molar-refractivity contribution in [3.8, 4) is 6.07 Å². The van der Waals surface area contributed by atoms with Gasteiger partial charge in [0.15, 0.2) is 0 Å². The van der Waals surface area contributed by atoms with E-state index in [2.05, 4.69) is 52.9 Å². The van der Waals surface area contributed by atoms with Crippen LogP contribution >= 0.6 is 22.6 Å². The Bertz CT molecular complexity index is 382. The highest BCUT2D eigenvalue weighted by atomic mass is 127. The van der Waals surface area contributed by atoms with Gasteiger partial charge in [-0.1, -0.05) is 31.4 Å². The van der Waals surface area contributed by atoms with Gasteiger partial charge in [0.25, 0.3) is 0 Å². The summed E-state index contributed by atoms with van der Waals surface area (Å²) in [5, 5.41) is 9.41. The summed E-state index contributed by atoms with van der Waals surface area (Å²) in [6.45, 7) is 0. The normalized spacial score (nSPS) is 19.0. The van der Waals surface area contributed by atoms with Gasteiger partial charge in [-0.3, -0.25) is 0 Å². The molecule has 1 aliphatic rings. The molecular weight excluding hydrogens is 309 g/mol. The van der Waals surface area contributed by atoms with Gasteiger partial charge in [0, 0.05) is 3.57 Å². The highest BCUT2D eigenvalue weighted by molar-refractivity contribution is 14.1. The SMILES string of the molecule is N#CC1(Cc2ccc(I)cc2)CCCCC1. The minimum Gasteiger partial charge on any atom is -0.198 e. The van der Waals surface area contributed by atoms with Crippen LogP contribution in [0.5, 0.6) is 0 Å². The van der Waals surface area contributed by atoms with Crippen LogP contribution in [-0.4, -0.2) is 0 Å². The first-order valence-corrected chi connectivity index (χ1v) is 6.98. The second-order valence-electron chi connectivity index (χ2n) is 4.76. The van der Waals surface area contributed by atoms with Gasteiger partial charge in [-0.05, 0) is 59.5 Å². The highest BCUT2D eigenvalue weighted by Gasteiger charge is 2.31. The van der Waals surface area contributed by atoms with Crippen molar-refractivity contribution in [3.63, 3.8) is 0 Å². The van der Waals surface area contributed by atoms with Gasteiger partial charge >= 0.3 is 0 Å². The van der Waals surface area contributed by atoms with E-state index in [4.69, 9.17) is 0 Å². The Labute approximate surface area is 111 Å². The van der Waals surface area contributed by atoms with Gasteiger partial charge in [-0.25, -0.2) is 0 Å². The number of benzene rings is 1. The minimum atomic E-state index is -0.0783.